The highest BCUT2D eigenvalue weighted by atomic mass is 35.5. The fourth-order valence-electron chi connectivity index (χ4n) is 3.68. The molecule has 0 aromatic carbocycles. The predicted octanol–water partition coefficient (Wildman–Crippen LogP) is 3.03. The van der Waals surface area contributed by atoms with Crippen LogP contribution >= 0.6 is 35.1 Å². The van der Waals surface area contributed by atoms with Gasteiger partial charge in [-0.15, -0.1) is 35.1 Å². The van der Waals surface area contributed by atoms with E-state index in [1.165, 1.54) is 11.3 Å². The highest BCUT2D eigenvalue weighted by molar-refractivity contribution is 7.20. The summed E-state index contributed by atoms with van der Waals surface area (Å²) < 4.78 is 0. The molecule has 1 aliphatic carbocycles. The zero-order valence-electron chi connectivity index (χ0n) is 12.7. The Balaban J connectivity index is 0.00000156. The minimum absolute atomic E-state index is 0. The Morgan fingerprint density at radius 3 is 2.96 bits per heavy atom. The first-order chi connectivity index (χ1) is 10.7. The Kier molecular flexibility index (Phi) is 5.06. The largest absolute Gasteiger partial charge is 0.342 e. The van der Waals surface area contributed by atoms with Gasteiger partial charge in [-0.1, -0.05) is 6.07 Å². The second kappa shape index (κ2) is 6.89. The zero-order chi connectivity index (χ0) is 15.1. The number of amides is 1. The lowest BCUT2D eigenvalue weighted by Crippen LogP contribution is -2.34. The van der Waals surface area contributed by atoms with Crippen LogP contribution in [0.15, 0.2) is 22.9 Å². The monoisotopic (exact) mass is 369 g/mol. The number of rotatable bonds is 3. The summed E-state index contributed by atoms with van der Waals surface area (Å²) in [4.78, 5) is 20.3. The Morgan fingerprint density at radius 2 is 2.22 bits per heavy atom. The van der Waals surface area contributed by atoms with E-state index in [2.05, 4.69) is 11.1 Å². The molecule has 1 aliphatic heterocycles. The molecule has 0 radical (unpaired) electrons. The number of hydrogen-bond acceptors (Lipinski definition) is 5. The Labute approximate surface area is 150 Å². The van der Waals surface area contributed by atoms with Crippen molar-refractivity contribution >= 4 is 41.0 Å². The lowest BCUT2D eigenvalue weighted by atomic mass is 9.98. The maximum absolute atomic E-state index is 12.5. The Bertz CT molecular complexity index is 673. The summed E-state index contributed by atoms with van der Waals surface area (Å²) in [6.45, 7) is 1.73. The van der Waals surface area contributed by atoms with Crippen molar-refractivity contribution in [2.45, 2.75) is 25.3 Å². The van der Waals surface area contributed by atoms with E-state index in [9.17, 15) is 4.79 Å². The number of carbonyl (C=O) groups excluding carboxylic acids is 1. The molecule has 7 heteroatoms. The molecule has 2 aromatic heterocycles. The molecule has 1 amide bonds. The molecule has 2 aliphatic rings. The number of halogens is 1. The van der Waals surface area contributed by atoms with Crippen molar-refractivity contribution < 1.29 is 4.79 Å². The minimum atomic E-state index is 0. The molecule has 4 rings (SSSR count). The molecule has 23 heavy (non-hydrogen) atoms. The van der Waals surface area contributed by atoms with Crippen LogP contribution in [0.25, 0.3) is 9.88 Å². The molecule has 3 atom stereocenters. The van der Waals surface area contributed by atoms with E-state index in [0.29, 0.717) is 18.3 Å². The third-order valence-electron chi connectivity index (χ3n) is 4.88. The summed E-state index contributed by atoms with van der Waals surface area (Å²) in [5.74, 6) is 1.33. The Hall–Kier alpha value is -0.950. The van der Waals surface area contributed by atoms with E-state index in [0.717, 1.165) is 30.2 Å². The molecule has 3 heterocycles. The standard InChI is InChI=1S/C16H19N3OS2.ClH/c17-13-4-3-10-7-19(8-12(10)13)15(20)6-11-9-22-16(18-11)14-2-1-5-21-14;/h1-2,5,9-10,12-13H,3-4,6-8,17H2;1H. The molecular formula is C16H20ClN3OS2. The van der Waals surface area contributed by atoms with Gasteiger partial charge in [-0.3, -0.25) is 4.79 Å². The number of nitrogens with zero attached hydrogens (tertiary/aromatic N) is 2. The average molecular weight is 370 g/mol. The van der Waals surface area contributed by atoms with E-state index in [4.69, 9.17) is 5.73 Å². The van der Waals surface area contributed by atoms with E-state index in [1.807, 2.05) is 21.7 Å². The number of thiophene rings is 1. The molecule has 0 bridgehead atoms. The number of likely N-dealkylation sites (tertiary alicyclic amines) is 1. The van der Waals surface area contributed by atoms with Crippen molar-refractivity contribution in [3.63, 3.8) is 0 Å². The van der Waals surface area contributed by atoms with Gasteiger partial charge in [-0.25, -0.2) is 4.98 Å². The van der Waals surface area contributed by atoms with Crippen molar-refractivity contribution in [2.75, 3.05) is 13.1 Å². The second-order valence-electron chi connectivity index (χ2n) is 6.26. The number of thiazole rings is 1. The second-order valence-corrected chi connectivity index (χ2v) is 8.07. The van der Waals surface area contributed by atoms with Crippen LogP contribution in [-0.4, -0.2) is 34.9 Å². The molecule has 3 unspecified atom stereocenters. The molecule has 1 saturated carbocycles. The van der Waals surface area contributed by atoms with Crippen LogP contribution in [0.1, 0.15) is 18.5 Å². The van der Waals surface area contributed by atoms with Crippen LogP contribution in [0.2, 0.25) is 0 Å². The third kappa shape index (κ3) is 3.31. The summed E-state index contributed by atoms with van der Waals surface area (Å²) >= 11 is 3.30. The molecule has 2 N–H and O–H groups in total. The zero-order valence-corrected chi connectivity index (χ0v) is 15.1. The normalized spacial score (nSPS) is 26.1. The summed E-state index contributed by atoms with van der Waals surface area (Å²) in [6, 6.07) is 4.38. The highest BCUT2D eigenvalue weighted by Crippen LogP contribution is 2.37. The maximum atomic E-state index is 12.5. The topological polar surface area (TPSA) is 59.2 Å². The predicted molar refractivity (Wildman–Crippen MR) is 97.1 cm³/mol. The van der Waals surface area contributed by atoms with Crippen LogP contribution in [0, 0.1) is 11.8 Å². The lowest BCUT2D eigenvalue weighted by Gasteiger charge is -2.18. The highest BCUT2D eigenvalue weighted by Gasteiger charge is 2.42. The summed E-state index contributed by atoms with van der Waals surface area (Å²) in [5, 5.41) is 5.07. The number of aromatic nitrogens is 1. The van der Waals surface area contributed by atoms with Crippen molar-refractivity contribution in [2.24, 2.45) is 17.6 Å². The smallest absolute Gasteiger partial charge is 0.228 e. The number of nitrogens with two attached hydrogens (primary N) is 1. The summed E-state index contributed by atoms with van der Waals surface area (Å²) in [7, 11) is 0. The molecule has 0 spiro atoms. The van der Waals surface area contributed by atoms with Gasteiger partial charge >= 0.3 is 0 Å². The van der Waals surface area contributed by atoms with Crippen molar-refractivity contribution in [1.29, 1.82) is 0 Å². The number of fused-ring (bicyclic) bond motifs is 1. The Morgan fingerprint density at radius 1 is 1.35 bits per heavy atom. The lowest BCUT2D eigenvalue weighted by molar-refractivity contribution is -0.129. The number of hydrogen-bond donors (Lipinski definition) is 1. The first-order valence-corrected chi connectivity index (χ1v) is 9.48. The van der Waals surface area contributed by atoms with Crippen LogP contribution in [0.3, 0.4) is 0 Å². The van der Waals surface area contributed by atoms with Gasteiger partial charge in [0, 0.05) is 24.5 Å². The molecule has 4 nitrogen and oxygen atoms in total. The number of carbonyl (C=O) groups is 1. The fraction of sp³-hybridized carbons (Fsp3) is 0.500. The SMILES string of the molecule is Cl.NC1CCC2CN(C(=O)Cc3csc(-c4cccs4)n3)CC12. The van der Waals surface area contributed by atoms with Crippen LogP contribution < -0.4 is 5.73 Å². The van der Waals surface area contributed by atoms with Crippen LogP contribution in [0.4, 0.5) is 0 Å². The molecule has 1 saturated heterocycles. The molecule has 2 aromatic rings. The van der Waals surface area contributed by atoms with Crippen LogP contribution in [0.5, 0.6) is 0 Å². The molecule has 2 fully saturated rings. The van der Waals surface area contributed by atoms with E-state index in [1.54, 1.807) is 22.7 Å². The summed E-state index contributed by atoms with van der Waals surface area (Å²) in [6.07, 6.45) is 2.71. The van der Waals surface area contributed by atoms with Gasteiger partial charge in [0.25, 0.3) is 0 Å². The minimum Gasteiger partial charge on any atom is -0.342 e. The van der Waals surface area contributed by atoms with Crippen LogP contribution in [-0.2, 0) is 11.2 Å². The van der Waals surface area contributed by atoms with Gasteiger partial charge in [-0.2, -0.15) is 0 Å². The van der Waals surface area contributed by atoms with Gasteiger partial charge < -0.3 is 10.6 Å². The first kappa shape index (κ1) is 16.9. The maximum Gasteiger partial charge on any atom is 0.228 e. The van der Waals surface area contributed by atoms with Gasteiger partial charge in [0.2, 0.25) is 5.91 Å². The van der Waals surface area contributed by atoms with E-state index < -0.39 is 0 Å². The van der Waals surface area contributed by atoms with Gasteiger partial charge in [0.1, 0.15) is 5.01 Å². The van der Waals surface area contributed by atoms with Crippen molar-refractivity contribution in [3.05, 3.63) is 28.6 Å². The average Bonchev–Trinajstić information content (AvgIpc) is 3.23. The van der Waals surface area contributed by atoms with Crippen molar-refractivity contribution in [1.82, 2.24) is 9.88 Å². The quantitative estimate of drug-likeness (QED) is 0.904. The first-order valence-electron chi connectivity index (χ1n) is 7.72. The van der Waals surface area contributed by atoms with Gasteiger partial charge in [0.15, 0.2) is 0 Å². The van der Waals surface area contributed by atoms with E-state index in [-0.39, 0.29) is 24.4 Å². The fourth-order valence-corrected chi connectivity index (χ4v) is 5.31. The van der Waals surface area contributed by atoms with E-state index >= 15 is 0 Å². The molecular weight excluding hydrogens is 350 g/mol. The molecule has 124 valence electrons. The van der Waals surface area contributed by atoms with Gasteiger partial charge in [-0.05, 0) is 36.1 Å². The van der Waals surface area contributed by atoms with Gasteiger partial charge in [0.05, 0.1) is 17.0 Å². The van der Waals surface area contributed by atoms with Crippen molar-refractivity contribution in [3.8, 4) is 9.88 Å². The summed E-state index contributed by atoms with van der Waals surface area (Å²) in [5.41, 5.74) is 7.03. The third-order valence-corrected chi connectivity index (χ3v) is 6.81.